The number of carboxylic acid groups (broad SMARTS) is 1. The normalized spacial score (nSPS) is 23.1. The summed E-state index contributed by atoms with van der Waals surface area (Å²) in [5, 5.41) is 17.4. The molecule has 0 aliphatic carbocycles. The van der Waals surface area contributed by atoms with Gasteiger partial charge in [0, 0.05) is 18.9 Å². The fourth-order valence-electron chi connectivity index (χ4n) is 2.84. The second-order valence-electron chi connectivity index (χ2n) is 5.16. The number of hydrogen-bond acceptors (Lipinski definition) is 5. The topological polar surface area (TPSA) is 83.6 Å². The number of anilines is 1. The van der Waals surface area contributed by atoms with Gasteiger partial charge in [-0.05, 0) is 18.8 Å². The number of piperidine rings is 1. The van der Waals surface area contributed by atoms with Crippen LogP contribution in [0.3, 0.4) is 0 Å². The molecule has 0 spiro atoms. The summed E-state index contributed by atoms with van der Waals surface area (Å²) in [5.74, 6) is 0.267. The van der Waals surface area contributed by atoms with Gasteiger partial charge in [0.05, 0.1) is 0 Å². The van der Waals surface area contributed by atoms with Gasteiger partial charge in [0.2, 0.25) is 5.65 Å². The molecule has 0 saturated carbocycles. The van der Waals surface area contributed by atoms with Crippen LogP contribution in [-0.2, 0) is 4.79 Å². The van der Waals surface area contributed by atoms with Crippen LogP contribution < -0.4 is 4.90 Å². The second kappa shape index (κ2) is 5.07. The van der Waals surface area contributed by atoms with Gasteiger partial charge in [-0.25, -0.2) is 9.78 Å². The van der Waals surface area contributed by atoms with Crippen LogP contribution in [0.5, 0.6) is 0 Å². The molecule has 3 rings (SSSR count). The Bertz CT molecular complexity index is 626. The lowest BCUT2D eigenvalue weighted by atomic mass is 9.89. The van der Waals surface area contributed by atoms with E-state index in [4.69, 9.17) is 0 Å². The molecule has 1 saturated heterocycles. The number of carbonyl (C=O) groups is 1. The van der Waals surface area contributed by atoms with Crippen molar-refractivity contribution in [2.45, 2.75) is 32.2 Å². The molecule has 2 atom stereocenters. The SMILES string of the molecule is CCC1CCN(c2nccn3cnnc23)C(C(=O)O)C1. The first kappa shape index (κ1) is 12.8. The van der Waals surface area contributed by atoms with E-state index < -0.39 is 12.0 Å². The van der Waals surface area contributed by atoms with E-state index in [-0.39, 0.29) is 0 Å². The van der Waals surface area contributed by atoms with Crippen LogP contribution in [0.25, 0.3) is 5.65 Å². The molecule has 3 heterocycles. The summed E-state index contributed by atoms with van der Waals surface area (Å²) in [5.41, 5.74) is 0.605. The molecule has 7 heteroatoms. The number of hydrogen-bond donors (Lipinski definition) is 1. The lowest BCUT2D eigenvalue weighted by Gasteiger charge is -2.37. The summed E-state index contributed by atoms with van der Waals surface area (Å²) >= 11 is 0. The summed E-state index contributed by atoms with van der Waals surface area (Å²) in [6.07, 6.45) is 7.65. The minimum absolute atomic E-state index is 0.463. The lowest BCUT2D eigenvalue weighted by Crippen LogP contribution is -2.47. The number of carboxylic acids is 1. The first-order valence-corrected chi connectivity index (χ1v) is 6.84. The summed E-state index contributed by atoms with van der Waals surface area (Å²) in [7, 11) is 0. The van der Waals surface area contributed by atoms with Crippen molar-refractivity contribution in [1.29, 1.82) is 0 Å². The zero-order valence-corrected chi connectivity index (χ0v) is 11.3. The Hall–Kier alpha value is -2.18. The minimum Gasteiger partial charge on any atom is -0.480 e. The first-order valence-electron chi connectivity index (χ1n) is 6.84. The molecule has 106 valence electrons. The van der Waals surface area contributed by atoms with Crippen molar-refractivity contribution in [2.24, 2.45) is 5.92 Å². The number of aromatic nitrogens is 4. The number of rotatable bonds is 3. The molecule has 1 N–H and O–H groups in total. The Kier molecular flexibility index (Phi) is 3.25. The highest BCUT2D eigenvalue weighted by molar-refractivity contribution is 5.80. The molecule has 1 aliphatic heterocycles. The van der Waals surface area contributed by atoms with Gasteiger partial charge in [-0.2, -0.15) is 0 Å². The highest BCUT2D eigenvalue weighted by Gasteiger charge is 2.34. The molecule has 20 heavy (non-hydrogen) atoms. The number of fused-ring (bicyclic) bond motifs is 1. The van der Waals surface area contributed by atoms with E-state index in [1.165, 1.54) is 0 Å². The van der Waals surface area contributed by atoms with Gasteiger partial charge in [-0.1, -0.05) is 13.3 Å². The summed E-state index contributed by atoms with van der Waals surface area (Å²) in [6.45, 7) is 2.80. The average molecular weight is 275 g/mol. The van der Waals surface area contributed by atoms with Crippen LogP contribution >= 0.6 is 0 Å². The third kappa shape index (κ3) is 2.09. The van der Waals surface area contributed by atoms with Crippen molar-refractivity contribution in [3.05, 3.63) is 18.7 Å². The van der Waals surface area contributed by atoms with Gasteiger partial charge in [-0.15, -0.1) is 10.2 Å². The third-order valence-corrected chi connectivity index (χ3v) is 4.04. The fourth-order valence-corrected chi connectivity index (χ4v) is 2.84. The summed E-state index contributed by atoms with van der Waals surface area (Å²) in [4.78, 5) is 17.7. The lowest BCUT2D eigenvalue weighted by molar-refractivity contribution is -0.139. The smallest absolute Gasteiger partial charge is 0.326 e. The van der Waals surface area contributed by atoms with Crippen LogP contribution in [0.15, 0.2) is 18.7 Å². The largest absolute Gasteiger partial charge is 0.480 e. The van der Waals surface area contributed by atoms with E-state index >= 15 is 0 Å². The highest BCUT2D eigenvalue weighted by Crippen LogP contribution is 2.30. The first-order chi connectivity index (χ1) is 9.70. The molecule has 1 aliphatic rings. The van der Waals surface area contributed by atoms with Crippen LogP contribution in [0.1, 0.15) is 26.2 Å². The van der Waals surface area contributed by atoms with Crippen LogP contribution in [0, 0.1) is 5.92 Å². The Morgan fingerprint density at radius 1 is 1.55 bits per heavy atom. The van der Waals surface area contributed by atoms with Crippen LogP contribution in [0.4, 0.5) is 5.82 Å². The van der Waals surface area contributed by atoms with Gasteiger partial charge in [-0.3, -0.25) is 4.40 Å². The van der Waals surface area contributed by atoms with Gasteiger partial charge in [0.25, 0.3) is 0 Å². The number of nitrogens with zero attached hydrogens (tertiary/aromatic N) is 5. The molecule has 1 fully saturated rings. The standard InChI is InChI=1S/C13H17N5O2/c1-2-9-3-5-18(10(7-9)13(19)20)11-12-16-15-8-17(12)6-4-14-11/h4,6,8-10H,2-3,5,7H2,1H3,(H,19,20). The van der Waals surface area contributed by atoms with E-state index in [0.717, 1.165) is 12.8 Å². The summed E-state index contributed by atoms with van der Waals surface area (Å²) < 4.78 is 1.76. The number of aliphatic carboxylic acids is 1. The van der Waals surface area contributed by atoms with Crippen molar-refractivity contribution in [3.63, 3.8) is 0 Å². The molecule has 7 nitrogen and oxygen atoms in total. The average Bonchev–Trinajstić information content (AvgIpc) is 2.95. The molecule has 2 aromatic heterocycles. The fraction of sp³-hybridized carbons (Fsp3) is 0.538. The van der Waals surface area contributed by atoms with Crippen LogP contribution in [-0.4, -0.2) is 43.2 Å². The minimum atomic E-state index is -0.800. The molecule has 0 aromatic carbocycles. The van der Waals surface area contributed by atoms with Crippen molar-refractivity contribution in [3.8, 4) is 0 Å². The maximum Gasteiger partial charge on any atom is 0.326 e. The molecule has 2 aromatic rings. The van der Waals surface area contributed by atoms with E-state index in [9.17, 15) is 9.90 Å². The van der Waals surface area contributed by atoms with Gasteiger partial charge in [0.1, 0.15) is 12.4 Å². The van der Waals surface area contributed by atoms with Gasteiger partial charge in [0.15, 0.2) is 5.82 Å². The molecule has 2 unspecified atom stereocenters. The zero-order valence-electron chi connectivity index (χ0n) is 11.3. The molecular weight excluding hydrogens is 258 g/mol. The zero-order chi connectivity index (χ0) is 14.1. The molecule has 0 bridgehead atoms. The van der Waals surface area contributed by atoms with Crippen molar-refractivity contribution < 1.29 is 9.90 Å². The van der Waals surface area contributed by atoms with Gasteiger partial charge < -0.3 is 10.0 Å². The van der Waals surface area contributed by atoms with E-state index in [0.29, 0.717) is 30.3 Å². The second-order valence-corrected chi connectivity index (χ2v) is 5.16. The Labute approximate surface area is 116 Å². The van der Waals surface area contributed by atoms with Crippen molar-refractivity contribution >= 4 is 17.4 Å². The van der Waals surface area contributed by atoms with E-state index in [2.05, 4.69) is 22.1 Å². The van der Waals surface area contributed by atoms with Gasteiger partial charge >= 0.3 is 5.97 Å². The van der Waals surface area contributed by atoms with E-state index in [1.54, 1.807) is 23.1 Å². The Morgan fingerprint density at radius 2 is 2.40 bits per heavy atom. The maximum atomic E-state index is 11.6. The molecular formula is C13H17N5O2. The Morgan fingerprint density at radius 3 is 3.15 bits per heavy atom. The molecule has 0 radical (unpaired) electrons. The quantitative estimate of drug-likeness (QED) is 0.906. The molecule has 0 amide bonds. The predicted molar refractivity (Wildman–Crippen MR) is 72.6 cm³/mol. The van der Waals surface area contributed by atoms with Crippen LogP contribution in [0.2, 0.25) is 0 Å². The van der Waals surface area contributed by atoms with Crippen molar-refractivity contribution in [1.82, 2.24) is 19.6 Å². The monoisotopic (exact) mass is 275 g/mol. The highest BCUT2D eigenvalue weighted by atomic mass is 16.4. The van der Waals surface area contributed by atoms with E-state index in [1.807, 2.05) is 4.90 Å². The third-order valence-electron chi connectivity index (χ3n) is 4.04. The Balaban J connectivity index is 1.99. The summed E-state index contributed by atoms with van der Waals surface area (Å²) in [6, 6.07) is -0.538. The predicted octanol–water partition coefficient (Wildman–Crippen LogP) is 1.20. The van der Waals surface area contributed by atoms with Crippen molar-refractivity contribution in [2.75, 3.05) is 11.4 Å². The maximum absolute atomic E-state index is 11.6.